The second-order valence-electron chi connectivity index (χ2n) is 9.91. The van der Waals surface area contributed by atoms with E-state index in [1.54, 1.807) is 0 Å². The molecule has 23 nitrogen and oxygen atoms in total. The van der Waals surface area contributed by atoms with Gasteiger partial charge in [-0.1, -0.05) is 0 Å². The Morgan fingerprint density at radius 1 is 1.00 bits per heavy atom. The van der Waals surface area contributed by atoms with Crippen LogP contribution >= 0.6 is 16.1 Å². The molecule has 6 heterocycles. The van der Waals surface area contributed by atoms with Crippen LogP contribution in [0.4, 0.5) is 11.8 Å². The first-order valence-corrected chi connectivity index (χ1v) is 15.5. The van der Waals surface area contributed by atoms with Gasteiger partial charge in [0.2, 0.25) is 5.95 Å². The highest BCUT2D eigenvalue weighted by Gasteiger charge is 2.50. The van der Waals surface area contributed by atoms with Gasteiger partial charge >= 0.3 is 16.1 Å². The number of hydrogen-bond donors (Lipinski definition) is 8. The number of nitrogens with one attached hydrogen (secondary N) is 1. The molecule has 4 aromatic rings. The minimum Gasteiger partial charge on any atom is -0.387 e. The van der Waals surface area contributed by atoms with Crippen molar-refractivity contribution in [2.45, 2.75) is 49.0 Å². The minimum absolute atomic E-state index is 0.0751. The van der Waals surface area contributed by atoms with E-state index in [-0.39, 0.29) is 34.1 Å². The Hall–Kier alpha value is -3.57. The van der Waals surface area contributed by atoms with Gasteiger partial charge in [-0.2, -0.15) is 4.98 Å². The number of aromatic amines is 1. The maximum atomic E-state index is 13.2. The highest BCUT2D eigenvalue weighted by molar-refractivity contribution is 7.47. The Morgan fingerprint density at radius 2 is 1.69 bits per heavy atom. The molecule has 10 atom stereocenters. The largest absolute Gasteiger partial charge is 0.694 e. The molecule has 2 aliphatic heterocycles. The Kier molecular flexibility index (Phi) is 8.36. The predicted octanol–water partition coefficient (Wildman–Crippen LogP) is -2.86. The molecule has 11 N–H and O–H groups in total. The van der Waals surface area contributed by atoms with Crippen LogP contribution in [0.3, 0.4) is 0 Å². The molecule has 2 saturated heterocycles. The van der Waals surface area contributed by atoms with Crippen LogP contribution in [-0.2, 0) is 32.2 Å². The Bertz CT molecular complexity index is 1850. The molecule has 4 aromatic heterocycles. The summed E-state index contributed by atoms with van der Waals surface area (Å²) in [5.74, 6) is -0.191. The van der Waals surface area contributed by atoms with Gasteiger partial charge in [-0.25, -0.2) is 24.5 Å². The van der Waals surface area contributed by atoms with Crippen molar-refractivity contribution < 1.29 is 52.2 Å². The van der Waals surface area contributed by atoms with Crippen LogP contribution in [-0.4, -0.2) is 109 Å². The fourth-order valence-electron chi connectivity index (χ4n) is 5.02. The molecule has 0 aliphatic carbocycles. The normalized spacial score (nSPS) is 30.3. The summed E-state index contributed by atoms with van der Waals surface area (Å²) in [6, 6.07) is -1.27. The van der Waals surface area contributed by atoms with E-state index in [9.17, 15) is 29.0 Å². The molecule has 45 heavy (non-hydrogen) atoms. The zero-order chi connectivity index (χ0) is 32.2. The number of nitrogens with zero attached hydrogens (tertiary/aromatic N) is 7. The molecule has 2 fully saturated rings. The van der Waals surface area contributed by atoms with E-state index in [2.05, 4.69) is 29.9 Å². The molecule has 0 saturated carbocycles. The number of imidazole rings is 2. The second kappa shape index (κ2) is 12.0. The molecular formula is C20H26N11O12P2+. The molecule has 0 amide bonds. The SMILES string of the molecule is Nc1nc2c(ncn2[C@@H]2O[C@H](CO[P+](=O)O)[C@@H](N)[C@H]2OP(=O)(O)OC[C@H]2O[C@@H](n3cnc4c(N)ncnc43)[C@H](O)[C@@H]2O)c(=O)[nH]1. The summed E-state index contributed by atoms with van der Waals surface area (Å²) in [5.41, 5.74) is 17.2. The topological polar surface area (TPSA) is 346 Å². The number of nitrogens with two attached hydrogens (primary N) is 3. The summed E-state index contributed by atoms with van der Waals surface area (Å²) in [7, 11) is -8.12. The van der Waals surface area contributed by atoms with Gasteiger partial charge in [-0.05, 0) is 0 Å². The molecule has 0 spiro atoms. The highest BCUT2D eigenvalue weighted by atomic mass is 31.2. The fourth-order valence-corrected chi connectivity index (χ4v) is 6.24. The van der Waals surface area contributed by atoms with E-state index in [4.69, 9.17) is 45.1 Å². The van der Waals surface area contributed by atoms with Gasteiger partial charge in [0, 0.05) is 4.57 Å². The number of aliphatic hydroxyl groups is 2. The van der Waals surface area contributed by atoms with Gasteiger partial charge in [-0.15, -0.1) is 9.42 Å². The number of phosphoric ester groups is 1. The van der Waals surface area contributed by atoms with Crippen LogP contribution in [0.2, 0.25) is 0 Å². The first kappa shape index (κ1) is 31.4. The van der Waals surface area contributed by atoms with E-state index >= 15 is 0 Å². The number of fused-ring (bicyclic) bond motifs is 2. The van der Waals surface area contributed by atoms with Crippen LogP contribution in [0.25, 0.3) is 22.3 Å². The third-order valence-electron chi connectivity index (χ3n) is 7.13. The number of phosphoric acid groups is 1. The number of nitrogen functional groups attached to an aromatic ring is 2. The quantitative estimate of drug-likeness (QED) is 0.0784. The van der Waals surface area contributed by atoms with Gasteiger partial charge in [0.25, 0.3) is 5.56 Å². The second-order valence-corrected chi connectivity index (χ2v) is 12.1. The molecular weight excluding hydrogens is 648 g/mol. The zero-order valence-corrected chi connectivity index (χ0v) is 24.4. The molecule has 25 heteroatoms. The van der Waals surface area contributed by atoms with Gasteiger partial charge in [0.15, 0.2) is 35.1 Å². The Morgan fingerprint density at radius 3 is 2.42 bits per heavy atom. The lowest BCUT2D eigenvalue weighted by Crippen LogP contribution is -2.42. The zero-order valence-electron chi connectivity index (χ0n) is 22.6. The van der Waals surface area contributed by atoms with Crippen molar-refractivity contribution in [3.63, 3.8) is 0 Å². The fraction of sp³-hybridized carbons (Fsp3) is 0.500. The molecule has 0 bridgehead atoms. The average Bonchev–Trinajstić information content (AvgIpc) is 3.73. The maximum absolute atomic E-state index is 13.2. The van der Waals surface area contributed by atoms with Crippen molar-refractivity contribution in [3.05, 3.63) is 29.3 Å². The van der Waals surface area contributed by atoms with E-state index in [1.165, 1.54) is 21.8 Å². The van der Waals surface area contributed by atoms with Crippen molar-refractivity contribution in [2.24, 2.45) is 5.73 Å². The Balaban J connectivity index is 1.20. The summed E-state index contributed by atoms with van der Waals surface area (Å²) < 4.78 is 53.5. The van der Waals surface area contributed by atoms with Crippen LogP contribution in [0, 0.1) is 0 Å². The Labute approximate surface area is 250 Å². The van der Waals surface area contributed by atoms with Crippen molar-refractivity contribution in [1.29, 1.82) is 0 Å². The van der Waals surface area contributed by atoms with E-state index in [1.807, 2.05) is 0 Å². The number of rotatable bonds is 10. The summed E-state index contributed by atoms with van der Waals surface area (Å²) in [5, 5.41) is 21.3. The van der Waals surface area contributed by atoms with E-state index in [0.717, 1.165) is 6.33 Å². The summed E-state index contributed by atoms with van der Waals surface area (Å²) in [6.45, 7) is -1.28. The van der Waals surface area contributed by atoms with Crippen LogP contribution in [0.5, 0.6) is 0 Å². The van der Waals surface area contributed by atoms with E-state index in [0.29, 0.717) is 0 Å². The molecule has 242 valence electrons. The van der Waals surface area contributed by atoms with Crippen LogP contribution < -0.4 is 22.8 Å². The number of aliphatic hydroxyl groups excluding tert-OH is 2. The lowest BCUT2D eigenvalue weighted by atomic mass is 10.1. The number of anilines is 2. The number of hydrogen-bond acceptors (Lipinski definition) is 18. The van der Waals surface area contributed by atoms with Crippen LogP contribution in [0.1, 0.15) is 12.5 Å². The lowest BCUT2D eigenvalue weighted by Gasteiger charge is -2.25. The maximum Gasteiger partial charge on any atom is 0.694 e. The summed E-state index contributed by atoms with van der Waals surface area (Å²) in [4.78, 5) is 54.3. The molecule has 2 unspecified atom stereocenters. The molecule has 0 radical (unpaired) electrons. The first-order valence-electron chi connectivity index (χ1n) is 12.9. The predicted molar refractivity (Wildman–Crippen MR) is 147 cm³/mol. The highest BCUT2D eigenvalue weighted by Crippen LogP contribution is 2.50. The molecule has 0 aromatic carbocycles. The standard InChI is InChI=1S/C20H25N11O12P2/c21-8-6(1-39-44(35)36)41-19(31-5-27-10-16(31)28-20(23)29-17(10)34)13(8)43-45(37,38)40-2-7-11(32)12(33)18(42-7)30-4-26-9-14(22)24-3-25-15(9)30/h3-8,11-13,18-19,32-33H,1-2,21H2,(H6-,22,23,24,25,28,29,34,35,36,37,38)/p+1/t6-,7-,8-,11-,12-,13-,18-,19-/m1/s1. The van der Waals surface area contributed by atoms with Crippen molar-refractivity contribution in [1.82, 2.24) is 39.0 Å². The van der Waals surface area contributed by atoms with Crippen molar-refractivity contribution >= 4 is 50.2 Å². The van der Waals surface area contributed by atoms with Crippen molar-refractivity contribution in [2.75, 3.05) is 24.7 Å². The minimum atomic E-state index is -5.07. The van der Waals surface area contributed by atoms with Gasteiger partial charge < -0.3 is 41.8 Å². The van der Waals surface area contributed by atoms with Gasteiger partial charge in [-0.3, -0.25) is 28.0 Å². The lowest BCUT2D eigenvalue weighted by molar-refractivity contribution is -0.0607. The van der Waals surface area contributed by atoms with E-state index < -0.39 is 83.9 Å². The number of aromatic nitrogens is 8. The average molecular weight is 674 g/mol. The third kappa shape index (κ3) is 5.92. The van der Waals surface area contributed by atoms with Gasteiger partial charge in [0.05, 0.1) is 25.3 Å². The van der Waals surface area contributed by atoms with Crippen LogP contribution in [0.15, 0.2) is 23.8 Å². The van der Waals surface area contributed by atoms with Crippen molar-refractivity contribution in [3.8, 4) is 0 Å². The molecule has 6 rings (SSSR count). The molecule has 2 aliphatic rings. The van der Waals surface area contributed by atoms with Gasteiger partial charge in [0.1, 0.15) is 49.0 Å². The number of ether oxygens (including phenoxy) is 2. The smallest absolute Gasteiger partial charge is 0.387 e. The third-order valence-corrected chi connectivity index (χ3v) is 8.49. The summed E-state index contributed by atoms with van der Waals surface area (Å²) >= 11 is 0. The first-order chi connectivity index (χ1) is 21.3. The summed E-state index contributed by atoms with van der Waals surface area (Å²) in [6.07, 6.45) is -6.22. The monoisotopic (exact) mass is 674 g/mol. The number of H-pyrrole nitrogens is 1.